The van der Waals surface area contributed by atoms with Crippen molar-refractivity contribution in [2.45, 2.75) is 31.5 Å². The van der Waals surface area contributed by atoms with Crippen molar-refractivity contribution in [2.75, 3.05) is 0 Å². The summed E-state index contributed by atoms with van der Waals surface area (Å²) in [6.45, 7) is 0. The van der Waals surface area contributed by atoms with Crippen molar-refractivity contribution in [3.05, 3.63) is 86.6 Å². The lowest BCUT2D eigenvalue weighted by Crippen LogP contribution is -2.21. The Bertz CT molecular complexity index is 1750. The monoisotopic (exact) mass is 598 g/mol. The zero-order valence-corrected chi connectivity index (χ0v) is 21.6. The lowest BCUT2D eigenvalue weighted by Gasteiger charge is -2.20. The Hall–Kier alpha value is -4.13. The van der Waals surface area contributed by atoms with E-state index in [0.717, 1.165) is 12.1 Å². The summed E-state index contributed by atoms with van der Waals surface area (Å²) in [6.07, 6.45) is -8.53. The number of benzene rings is 3. The Kier molecular flexibility index (Phi) is 6.96. The molecule has 3 aromatic carbocycles. The van der Waals surface area contributed by atoms with E-state index in [1.54, 1.807) is 0 Å². The highest BCUT2D eigenvalue weighted by Gasteiger charge is 2.40. The van der Waals surface area contributed by atoms with Gasteiger partial charge in [0.15, 0.2) is 0 Å². The molecule has 0 spiro atoms. The summed E-state index contributed by atoms with van der Waals surface area (Å²) < 4.78 is 97.9. The van der Waals surface area contributed by atoms with Gasteiger partial charge in [-0.25, -0.2) is 17.6 Å². The summed E-state index contributed by atoms with van der Waals surface area (Å²) >= 11 is 6.31. The van der Waals surface area contributed by atoms with Crippen molar-refractivity contribution in [3.63, 3.8) is 0 Å². The van der Waals surface area contributed by atoms with E-state index in [0.29, 0.717) is 6.07 Å². The number of carbonyl (C=O) groups is 2. The van der Waals surface area contributed by atoms with Gasteiger partial charge in [0.05, 0.1) is 22.7 Å². The van der Waals surface area contributed by atoms with Crippen LogP contribution in [0.3, 0.4) is 0 Å². The average molecular weight is 599 g/mol. The number of halogens is 8. The van der Waals surface area contributed by atoms with Crippen LogP contribution < -0.4 is 11.1 Å². The van der Waals surface area contributed by atoms with E-state index in [9.17, 15) is 35.9 Å². The van der Waals surface area contributed by atoms with Gasteiger partial charge < -0.3 is 11.1 Å². The quantitative estimate of drug-likeness (QED) is 0.255. The Morgan fingerprint density at radius 2 is 1.85 bits per heavy atom. The lowest BCUT2D eigenvalue weighted by atomic mass is 9.85. The molecule has 0 saturated carbocycles. The molecule has 0 radical (unpaired) electrons. The number of nitrogens with zero attached hydrogens (tertiary/aromatic N) is 2. The summed E-state index contributed by atoms with van der Waals surface area (Å²) in [6, 6.07) is 3.84. The zero-order valence-electron chi connectivity index (χ0n) is 20.8. The minimum atomic E-state index is -5.03. The summed E-state index contributed by atoms with van der Waals surface area (Å²) in [4.78, 5) is 25.8. The molecule has 3 N–H and O–H groups in total. The van der Waals surface area contributed by atoms with Crippen molar-refractivity contribution in [1.82, 2.24) is 15.1 Å². The molecule has 1 atom stereocenters. The normalized spacial score (nSPS) is 15.1. The zero-order chi connectivity index (χ0) is 30.0. The lowest BCUT2D eigenvalue weighted by molar-refractivity contribution is -0.137. The van der Waals surface area contributed by atoms with E-state index in [-0.39, 0.29) is 56.4 Å². The highest BCUT2D eigenvalue weighted by molar-refractivity contribution is 6.31. The molecule has 2 amide bonds. The number of amides is 2. The third-order valence-corrected chi connectivity index (χ3v) is 7.25. The number of alkyl halides is 5. The van der Waals surface area contributed by atoms with Crippen LogP contribution in [0.5, 0.6) is 0 Å². The van der Waals surface area contributed by atoms with Crippen LogP contribution in [0.1, 0.15) is 55.6 Å². The second kappa shape index (κ2) is 10.1. The van der Waals surface area contributed by atoms with E-state index in [4.69, 9.17) is 17.3 Å². The van der Waals surface area contributed by atoms with E-state index < -0.39 is 65.2 Å². The Labute approximate surface area is 231 Å². The first kappa shape index (κ1) is 28.4. The van der Waals surface area contributed by atoms with Gasteiger partial charge in [0.25, 0.3) is 5.91 Å². The van der Waals surface area contributed by atoms with Gasteiger partial charge in [-0.05, 0) is 48.4 Å². The minimum Gasteiger partial charge on any atom is -0.366 e. The number of hydrogen-bond donors (Lipinski definition) is 2. The van der Waals surface area contributed by atoms with Crippen LogP contribution in [0.4, 0.5) is 30.7 Å². The SMILES string of the molecule is Cn1nc2c3c(c(-c4c(F)cc(C(F)(F)F)cc4C(N)=O)cc2c1CCC(F)F)C(c1cc(F)ccc1Cl)NC3=O. The molecule has 1 aliphatic heterocycles. The summed E-state index contributed by atoms with van der Waals surface area (Å²) in [5.41, 5.74) is 2.20. The molecule has 41 heavy (non-hydrogen) atoms. The molecule has 2 heterocycles. The Morgan fingerprint density at radius 3 is 2.49 bits per heavy atom. The topological polar surface area (TPSA) is 90.0 Å². The van der Waals surface area contributed by atoms with Gasteiger partial charge in [0.1, 0.15) is 17.2 Å². The average Bonchev–Trinajstić information content (AvgIpc) is 3.38. The second-order valence-corrected chi connectivity index (χ2v) is 9.83. The van der Waals surface area contributed by atoms with Crippen LogP contribution in [0.2, 0.25) is 5.02 Å². The number of nitrogens with two attached hydrogens (primary N) is 1. The molecule has 1 unspecified atom stereocenters. The predicted molar refractivity (Wildman–Crippen MR) is 135 cm³/mol. The van der Waals surface area contributed by atoms with Gasteiger partial charge in [0.2, 0.25) is 12.3 Å². The number of hydrogen-bond acceptors (Lipinski definition) is 3. The maximum absolute atomic E-state index is 15.7. The molecule has 4 aromatic rings. The smallest absolute Gasteiger partial charge is 0.366 e. The largest absolute Gasteiger partial charge is 0.416 e. The molecule has 0 fully saturated rings. The first-order chi connectivity index (χ1) is 19.2. The molecule has 1 aliphatic rings. The van der Waals surface area contributed by atoms with Gasteiger partial charge >= 0.3 is 6.18 Å². The minimum absolute atomic E-state index is 0.00254. The number of primary amides is 1. The van der Waals surface area contributed by atoms with Crippen molar-refractivity contribution in [3.8, 4) is 11.1 Å². The fraction of sp³-hybridized carbons (Fsp3) is 0.222. The fourth-order valence-electron chi connectivity index (χ4n) is 5.16. The number of aromatic nitrogens is 2. The van der Waals surface area contributed by atoms with Crippen LogP contribution >= 0.6 is 11.6 Å². The maximum Gasteiger partial charge on any atom is 0.416 e. The molecule has 1 aromatic heterocycles. The molecule has 0 saturated heterocycles. The number of rotatable bonds is 6. The fourth-order valence-corrected chi connectivity index (χ4v) is 5.38. The molecule has 214 valence electrons. The molecule has 5 rings (SSSR count). The van der Waals surface area contributed by atoms with Gasteiger partial charge in [0, 0.05) is 46.3 Å². The number of nitrogens with one attached hydrogen (secondary N) is 1. The molecule has 6 nitrogen and oxygen atoms in total. The molecule has 14 heteroatoms. The second-order valence-electron chi connectivity index (χ2n) is 9.42. The third kappa shape index (κ3) is 4.88. The number of carbonyl (C=O) groups excluding carboxylic acids is 2. The van der Waals surface area contributed by atoms with Crippen LogP contribution in [0, 0.1) is 11.6 Å². The van der Waals surface area contributed by atoms with Gasteiger partial charge in [-0.15, -0.1) is 0 Å². The maximum atomic E-state index is 15.7. The summed E-state index contributed by atoms with van der Waals surface area (Å²) in [7, 11) is 1.44. The molecule has 0 bridgehead atoms. The van der Waals surface area contributed by atoms with Crippen molar-refractivity contribution in [2.24, 2.45) is 12.8 Å². The van der Waals surface area contributed by atoms with E-state index in [1.807, 2.05) is 0 Å². The first-order valence-corrected chi connectivity index (χ1v) is 12.3. The number of aryl methyl sites for hydroxylation is 2. The standard InChI is InChI=1S/C27H18ClF7N4O2/c1-39-18(4-5-19(31)32)13-9-14(20-15(25(36)40)6-10(7-17(20)30)27(33,34)35)21-22(24(13)38-39)26(41)37-23(21)12-8-11(29)2-3-16(12)28/h2-3,6-9,19,23H,4-5H2,1H3,(H2,36,40)(H,37,41). The third-order valence-electron chi connectivity index (χ3n) is 6.90. The Morgan fingerprint density at radius 1 is 1.15 bits per heavy atom. The molecular weight excluding hydrogens is 581 g/mol. The van der Waals surface area contributed by atoms with Crippen molar-refractivity contribution < 1.29 is 40.3 Å². The highest BCUT2D eigenvalue weighted by atomic mass is 35.5. The molecular formula is C27H18ClF7N4O2. The van der Waals surface area contributed by atoms with Crippen LogP contribution in [0.25, 0.3) is 22.0 Å². The van der Waals surface area contributed by atoms with E-state index in [2.05, 4.69) is 10.4 Å². The van der Waals surface area contributed by atoms with E-state index >= 15 is 4.39 Å². The summed E-state index contributed by atoms with van der Waals surface area (Å²) in [5, 5.41) is 7.04. The van der Waals surface area contributed by atoms with Gasteiger partial charge in [-0.2, -0.15) is 18.3 Å². The first-order valence-electron chi connectivity index (χ1n) is 12.0. The van der Waals surface area contributed by atoms with Crippen molar-refractivity contribution in [1.29, 1.82) is 0 Å². The van der Waals surface area contributed by atoms with Gasteiger partial charge in [-0.3, -0.25) is 14.3 Å². The Balaban J connectivity index is 1.92. The van der Waals surface area contributed by atoms with E-state index in [1.165, 1.54) is 23.9 Å². The summed E-state index contributed by atoms with van der Waals surface area (Å²) in [5.74, 6) is -4.40. The predicted octanol–water partition coefficient (Wildman–Crippen LogP) is 6.32. The number of fused-ring (bicyclic) bond motifs is 3. The highest BCUT2D eigenvalue weighted by Crippen LogP contribution is 2.46. The van der Waals surface area contributed by atoms with Crippen LogP contribution in [-0.4, -0.2) is 28.0 Å². The van der Waals surface area contributed by atoms with Crippen LogP contribution in [-0.2, 0) is 19.6 Å². The van der Waals surface area contributed by atoms with Gasteiger partial charge in [-0.1, -0.05) is 11.6 Å². The van der Waals surface area contributed by atoms with Crippen molar-refractivity contribution >= 4 is 34.3 Å². The van der Waals surface area contributed by atoms with Crippen LogP contribution in [0.15, 0.2) is 36.4 Å². The molecule has 0 aliphatic carbocycles.